The van der Waals surface area contributed by atoms with Crippen molar-refractivity contribution in [2.45, 2.75) is 37.6 Å². The summed E-state index contributed by atoms with van der Waals surface area (Å²) in [6.07, 6.45) is 1.46. The minimum Gasteiger partial charge on any atom is -0.208 e. The molecule has 3 nitrogen and oxygen atoms in total. The first-order valence-corrected chi connectivity index (χ1v) is 8.69. The van der Waals surface area contributed by atoms with Crippen molar-refractivity contribution < 1.29 is 12.8 Å². The summed E-state index contributed by atoms with van der Waals surface area (Å²) in [6, 6.07) is 13.4. The lowest BCUT2D eigenvalue weighted by Gasteiger charge is -2.15. The number of hydrogen-bond donors (Lipinski definition) is 1. The molecule has 1 unspecified atom stereocenters. The predicted molar refractivity (Wildman–Crippen MR) is 85.7 cm³/mol. The van der Waals surface area contributed by atoms with Gasteiger partial charge in [-0.05, 0) is 49.9 Å². The molecule has 2 aromatic rings. The number of nitrogens with one attached hydrogen (secondary N) is 1. The van der Waals surface area contributed by atoms with Gasteiger partial charge >= 0.3 is 0 Å². The van der Waals surface area contributed by atoms with E-state index in [2.05, 4.69) is 4.72 Å². The average Bonchev–Trinajstić information content (AvgIpc) is 2.48. The van der Waals surface area contributed by atoms with Gasteiger partial charge in [0.1, 0.15) is 5.82 Å². The molecule has 0 radical (unpaired) electrons. The maximum atomic E-state index is 13.3. The zero-order valence-corrected chi connectivity index (χ0v) is 13.5. The van der Waals surface area contributed by atoms with Gasteiger partial charge < -0.3 is 0 Å². The van der Waals surface area contributed by atoms with Crippen LogP contribution in [0.15, 0.2) is 53.4 Å². The van der Waals surface area contributed by atoms with Crippen LogP contribution in [0.4, 0.5) is 4.39 Å². The van der Waals surface area contributed by atoms with E-state index >= 15 is 0 Å². The molecular weight excluding hydrogens is 301 g/mol. The first kappa shape index (κ1) is 16.6. The Morgan fingerprint density at radius 2 is 1.82 bits per heavy atom. The highest BCUT2D eigenvalue weighted by Crippen LogP contribution is 2.17. The van der Waals surface area contributed by atoms with Crippen LogP contribution in [0.2, 0.25) is 0 Å². The molecule has 0 heterocycles. The summed E-state index contributed by atoms with van der Waals surface area (Å²) in [6.45, 7) is 3.47. The highest BCUT2D eigenvalue weighted by atomic mass is 32.2. The van der Waals surface area contributed by atoms with E-state index in [0.717, 1.165) is 18.1 Å². The van der Waals surface area contributed by atoms with Crippen molar-refractivity contribution in [1.29, 1.82) is 0 Å². The van der Waals surface area contributed by atoms with E-state index in [-0.39, 0.29) is 10.9 Å². The van der Waals surface area contributed by atoms with Gasteiger partial charge in [0, 0.05) is 6.04 Å². The van der Waals surface area contributed by atoms with Gasteiger partial charge in [-0.15, -0.1) is 0 Å². The lowest BCUT2D eigenvalue weighted by Crippen LogP contribution is -2.33. The van der Waals surface area contributed by atoms with Gasteiger partial charge in [-0.3, -0.25) is 0 Å². The molecule has 0 spiro atoms. The van der Waals surface area contributed by atoms with Crippen molar-refractivity contribution >= 4 is 10.0 Å². The molecular formula is C17H20FNO2S. The predicted octanol–water partition coefficient (Wildman–Crippen LogP) is 3.43. The lowest BCUT2D eigenvalue weighted by atomic mass is 10.1. The molecule has 5 heteroatoms. The molecule has 2 aromatic carbocycles. The third-order valence-corrected chi connectivity index (χ3v) is 5.24. The number of benzene rings is 2. The van der Waals surface area contributed by atoms with Crippen LogP contribution < -0.4 is 4.72 Å². The Balaban J connectivity index is 2.03. The molecule has 1 N–H and O–H groups in total. The fraction of sp³-hybridized carbons (Fsp3) is 0.294. The van der Waals surface area contributed by atoms with E-state index in [0.29, 0.717) is 12.0 Å². The molecule has 0 aliphatic rings. The van der Waals surface area contributed by atoms with Crippen molar-refractivity contribution in [3.05, 3.63) is 65.5 Å². The Morgan fingerprint density at radius 3 is 2.50 bits per heavy atom. The summed E-state index contributed by atoms with van der Waals surface area (Å²) >= 11 is 0. The molecule has 118 valence electrons. The molecule has 2 rings (SSSR count). The molecule has 0 bridgehead atoms. The Kier molecular flexibility index (Phi) is 5.32. The molecule has 0 aliphatic heterocycles. The lowest BCUT2D eigenvalue weighted by molar-refractivity contribution is 0.544. The molecule has 0 aromatic heterocycles. The number of halogens is 1. The van der Waals surface area contributed by atoms with Crippen molar-refractivity contribution in [3.63, 3.8) is 0 Å². The second-order valence-electron chi connectivity index (χ2n) is 5.46. The van der Waals surface area contributed by atoms with Crippen LogP contribution in [-0.2, 0) is 16.4 Å². The monoisotopic (exact) mass is 321 g/mol. The molecule has 22 heavy (non-hydrogen) atoms. The summed E-state index contributed by atoms with van der Waals surface area (Å²) in [5.41, 5.74) is 1.69. The van der Waals surface area contributed by atoms with Crippen molar-refractivity contribution in [3.8, 4) is 0 Å². The zero-order chi connectivity index (χ0) is 16.2. The average molecular weight is 321 g/mol. The van der Waals surface area contributed by atoms with E-state index in [1.165, 1.54) is 12.1 Å². The SMILES string of the molecule is Cc1ccc(F)cc1S(=O)(=O)NC(C)CCc1ccccc1. The van der Waals surface area contributed by atoms with E-state index in [9.17, 15) is 12.8 Å². The van der Waals surface area contributed by atoms with Crippen molar-refractivity contribution in [1.82, 2.24) is 4.72 Å². The fourth-order valence-corrected chi connectivity index (χ4v) is 3.81. The summed E-state index contributed by atoms with van der Waals surface area (Å²) in [7, 11) is -3.71. The largest absolute Gasteiger partial charge is 0.241 e. The standard InChI is InChI=1S/C17H20FNO2S/c1-13-8-11-16(18)12-17(13)22(20,21)19-14(2)9-10-15-6-4-3-5-7-15/h3-8,11-12,14,19H,9-10H2,1-2H3. The van der Waals surface area contributed by atoms with Gasteiger partial charge in [-0.1, -0.05) is 36.4 Å². The van der Waals surface area contributed by atoms with Gasteiger partial charge in [-0.2, -0.15) is 0 Å². The Hall–Kier alpha value is -1.72. The normalized spacial score (nSPS) is 13.0. The first-order valence-electron chi connectivity index (χ1n) is 7.21. The van der Waals surface area contributed by atoms with E-state index < -0.39 is 15.8 Å². The first-order chi connectivity index (χ1) is 10.4. The second kappa shape index (κ2) is 7.03. The quantitative estimate of drug-likeness (QED) is 0.886. The van der Waals surface area contributed by atoms with E-state index in [1.807, 2.05) is 37.3 Å². The summed E-state index contributed by atoms with van der Waals surface area (Å²) in [5, 5.41) is 0. The second-order valence-corrected chi connectivity index (χ2v) is 7.14. The van der Waals surface area contributed by atoms with Gasteiger partial charge in [0.05, 0.1) is 4.90 Å². The molecule has 1 atom stereocenters. The van der Waals surface area contributed by atoms with Crippen LogP contribution in [0.3, 0.4) is 0 Å². The van der Waals surface area contributed by atoms with Crippen molar-refractivity contribution in [2.75, 3.05) is 0 Å². The van der Waals surface area contributed by atoms with Crippen LogP contribution in [0.5, 0.6) is 0 Å². The van der Waals surface area contributed by atoms with Gasteiger partial charge in [0.15, 0.2) is 0 Å². The minimum atomic E-state index is -3.71. The maximum absolute atomic E-state index is 13.3. The fourth-order valence-electron chi connectivity index (χ4n) is 2.28. The van der Waals surface area contributed by atoms with Crippen LogP contribution in [0.1, 0.15) is 24.5 Å². The maximum Gasteiger partial charge on any atom is 0.241 e. The van der Waals surface area contributed by atoms with E-state index in [1.54, 1.807) is 6.92 Å². The van der Waals surface area contributed by atoms with Crippen LogP contribution in [0, 0.1) is 12.7 Å². The third-order valence-electron chi connectivity index (χ3n) is 3.50. The van der Waals surface area contributed by atoms with Crippen LogP contribution >= 0.6 is 0 Å². The van der Waals surface area contributed by atoms with E-state index in [4.69, 9.17) is 0 Å². The molecule has 0 aliphatic carbocycles. The van der Waals surface area contributed by atoms with Gasteiger partial charge in [0.25, 0.3) is 0 Å². The molecule has 0 saturated heterocycles. The number of hydrogen-bond acceptors (Lipinski definition) is 2. The third kappa shape index (κ3) is 4.39. The highest BCUT2D eigenvalue weighted by Gasteiger charge is 2.20. The Bertz CT molecular complexity index is 730. The van der Waals surface area contributed by atoms with Gasteiger partial charge in [-0.25, -0.2) is 17.5 Å². The van der Waals surface area contributed by atoms with Crippen LogP contribution in [-0.4, -0.2) is 14.5 Å². The number of rotatable bonds is 6. The molecule has 0 fully saturated rings. The topological polar surface area (TPSA) is 46.2 Å². The summed E-state index contributed by atoms with van der Waals surface area (Å²) < 4.78 is 40.6. The Morgan fingerprint density at radius 1 is 1.14 bits per heavy atom. The van der Waals surface area contributed by atoms with Crippen LogP contribution in [0.25, 0.3) is 0 Å². The number of sulfonamides is 1. The van der Waals surface area contributed by atoms with Gasteiger partial charge in [0.2, 0.25) is 10.0 Å². The summed E-state index contributed by atoms with van der Waals surface area (Å²) in [5.74, 6) is -0.553. The van der Waals surface area contributed by atoms with Crippen molar-refractivity contribution in [2.24, 2.45) is 0 Å². The summed E-state index contributed by atoms with van der Waals surface area (Å²) in [4.78, 5) is -0.000869. The Labute approximate surface area is 131 Å². The minimum absolute atomic E-state index is 0.000869. The smallest absolute Gasteiger partial charge is 0.208 e. The highest BCUT2D eigenvalue weighted by molar-refractivity contribution is 7.89. The number of aryl methyl sites for hydroxylation is 2. The zero-order valence-electron chi connectivity index (χ0n) is 12.7. The molecule has 0 saturated carbocycles. The molecule has 0 amide bonds.